The third-order valence-corrected chi connectivity index (χ3v) is 7.56. The highest BCUT2D eigenvalue weighted by Crippen LogP contribution is 2.28. The minimum atomic E-state index is -3.40. The van der Waals surface area contributed by atoms with Crippen LogP contribution in [-0.2, 0) is 26.0 Å². The van der Waals surface area contributed by atoms with Crippen molar-refractivity contribution in [1.29, 1.82) is 0 Å². The first-order valence-corrected chi connectivity index (χ1v) is 12.5. The molecule has 1 saturated heterocycles. The average molecular weight is 456 g/mol. The van der Waals surface area contributed by atoms with E-state index in [1.807, 2.05) is 63.2 Å². The van der Waals surface area contributed by atoms with Gasteiger partial charge in [-0.15, -0.1) is 0 Å². The molecular formula is C24H29N3O4S. The highest BCUT2D eigenvalue weighted by molar-refractivity contribution is 7.88. The van der Waals surface area contributed by atoms with E-state index in [-0.39, 0.29) is 23.0 Å². The van der Waals surface area contributed by atoms with Crippen molar-refractivity contribution in [3.8, 4) is 0 Å². The Kier molecular flexibility index (Phi) is 6.09. The summed E-state index contributed by atoms with van der Waals surface area (Å²) < 4.78 is 32.8. The lowest BCUT2D eigenvalue weighted by Gasteiger charge is -2.30. The van der Waals surface area contributed by atoms with Gasteiger partial charge in [0.25, 0.3) is 0 Å². The van der Waals surface area contributed by atoms with Crippen LogP contribution in [0.5, 0.6) is 0 Å². The minimum absolute atomic E-state index is 0.0149. The molecule has 1 aliphatic rings. The zero-order valence-corrected chi connectivity index (χ0v) is 19.5. The SMILES string of the molecule is CC(C)(C)c1nc2cc(NC(=O)C3CCN(S(=O)(=O)Cc4ccccc4)CC3)ccc2o1. The molecule has 2 aromatic carbocycles. The lowest BCUT2D eigenvalue weighted by molar-refractivity contribution is -0.120. The number of amides is 1. The van der Waals surface area contributed by atoms with Crippen LogP contribution < -0.4 is 5.32 Å². The van der Waals surface area contributed by atoms with Gasteiger partial charge in [-0.05, 0) is 36.6 Å². The zero-order valence-electron chi connectivity index (χ0n) is 18.7. The van der Waals surface area contributed by atoms with Gasteiger partial charge in [0.15, 0.2) is 5.58 Å². The number of hydrogen-bond donors (Lipinski definition) is 1. The van der Waals surface area contributed by atoms with Crippen molar-refractivity contribution in [1.82, 2.24) is 9.29 Å². The molecule has 1 aromatic heterocycles. The summed E-state index contributed by atoms with van der Waals surface area (Å²) >= 11 is 0. The van der Waals surface area contributed by atoms with Crippen molar-refractivity contribution in [2.24, 2.45) is 5.92 Å². The molecule has 0 saturated carbocycles. The van der Waals surface area contributed by atoms with E-state index < -0.39 is 10.0 Å². The number of sulfonamides is 1. The number of carbonyl (C=O) groups is 1. The summed E-state index contributed by atoms with van der Waals surface area (Å²) in [6.07, 6.45) is 1.00. The molecule has 1 N–H and O–H groups in total. The Balaban J connectivity index is 1.36. The molecule has 0 atom stereocenters. The Morgan fingerprint density at radius 2 is 1.81 bits per heavy atom. The maximum absolute atomic E-state index is 12.8. The average Bonchev–Trinajstić information content (AvgIpc) is 3.18. The molecule has 0 spiro atoms. The summed E-state index contributed by atoms with van der Waals surface area (Å²) in [4.78, 5) is 17.3. The molecule has 0 radical (unpaired) electrons. The topological polar surface area (TPSA) is 92.5 Å². The third kappa shape index (κ3) is 5.02. The van der Waals surface area contributed by atoms with E-state index in [2.05, 4.69) is 10.3 Å². The third-order valence-electron chi connectivity index (χ3n) is 5.71. The Labute approximate surface area is 188 Å². The van der Waals surface area contributed by atoms with Gasteiger partial charge in [-0.3, -0.25) is 4.79 Å². The summed E-state index contributed by atoms with van der Waals surface area (Å²) in [5.41, 5.74) is 2.62. The van der Waals surface area contributed by atoms with Gasteiger partial charge in [0.05, 0.1) is 5.75 Å². The molecular weight excluding hydrogens is 426 g/mol. The number of piperidine rings is 1. The van der Waals surface area contributed by atoms with Crippen LogP contribution in [0.1, 0.15) is 45.1 Å². The quantitative estimate of drug-likeness (QED) is 0.619. The first kappa shape index (κ1) is 22.5. The van der Waals surface area contributed by atoms with E-state index in [0.717, 1.165) is 5.56 Å². The molecule has 0 aliphatic carbocycles. The number of rotatable bonds is 5. The summed E-state index contributed by atoms with van der Waals surface area (Å²) in [5, 5.41) is 2.96. The number of benzene rings is 2. The number of nitrogens with zero attached hydrogens (tertiary/aromatic N) is 2. The van der Waals surface area contributed by atoms with Gasteiger partial charge in [0.1, 0.15) is 5.52 Å². The van der Waals surface area contributed by atoms with Crippen molar-refractivity contribution in [2.75, 3.05) is 18.4 Å². The smallest absolute Gasteiger partial charge is 0.227 e. The first-order chi connectivity index (χ1) is 15.1. The highest BCUT2D eigenvalue weighted by Gasteiger charge is 2.31. The summed E-state index contributed by atoms with van der Waals surface area (Å²) in [7, 11) is -3.40. The van der Waals surface area contributed by atoms with Crippen LogP contribution >= 0.6 is 0 Å². The molecule has 0 unspecified atom stereocenters. The first-order valence-electron chi connectivity index (χ1n) is 10.9. The maximum atomic E-state index is 12.8. The van der Waals surface area contributed by atoms with Gasteiger partial charge < -0.3 is 9.73 Å². The molecule has 170 valence electrons. The van der Waals surface area contributed by atoms with Crippen molar-refractivity contribution < 1.29 is 17.6 Å². The minimum Gasteiger partial charge on any atom is -0.440 e. The number of nitrogens with one attached hydrogen (secondary N) is 1. The second kappa shape index (κ2) is 8.67. The van der Waals surface area contributed by atoms with Crippen LogP contribution in [0.4, 0.5) is 5.69 Å². The van der Waals surface area contributed by atoms with E-state index in [4.69, 9.17) is 4.42 Å². The van der Waals surface area contributed by atoms with Crippen molar-refractivity contribution in [3.63, 3.8) is 0 Å². The molecule has 0 bridgehead atoms. The normalized spacial score (nSPS) is 16.3. The molecule has 1 aliphatic heterocycles. The number of fused-ring (bicyclic) bond motifs is 1. The van der Waals surface area contributed by atoms with Crippen molar-refractivity contribution in [3.05, 3.63) is 60.0 Å². The van der Waals surface area contributed by atoms with E-state index in [9.17, 15) is 13.2 Å². The number of anilines is 1. The fraction of sp³-hybridized carbons (Fsp3) is 0.417. The molecule has 7 nitrogen and oxygen atoms in total. The van der Waals surface area contributed by atoms with Gasteiger partial charge in [-0.25, -0.2) is 17.7 Å². The van der Waals surface area contributed by atoms with Crippen molar-refractivity contribution >= 4 is 32.7 Å². The zero-order chi connectivity index (χ0) is 22.9. The van der Waals surface area contributed by atoms with Crippen molar-refractivity contribution in [2.45, 2.75) is 44.8 Å². The Bertz CT molecular complexity index is 1210. The summed E-state index contributed by atoms with van der Waals surface area (Å²) in [6, 6.07) is 14.6. The van der Waals surface area contributed by atoms with Crippen LogP contribution in [0.3, 0.4) is 0 Å². The molecule has 4 rings (SSSR count). The lowest BCUT2D eigenvalue weighted by Crippen LogP contribution is -2.41. The number of hydrogen-bond acceptors (Lipinski definition) is 5. The molecule has 32 heavy (non-hydrogen) atoms. The van der Waals surface area contributed by atoms with Gasteiger partial charge in [-0.2, -0.15) is 0 Å². The number of oxazole rings is 1. The second-order valence-corrected chi connectivity index (χ2v) is 11.3. The molecule has 1 amide bonds. The van der Waals surface area contributed by atoms with E-state index in [1.165, 1.54) is 4.31 Å². The Morgan fingerprint density at radius 3 is 2.47 bits per heavy atom. The van der Waals surface area contributed by atoms with Crippen LogP contribution in [0.25, 0.3) is 11.1 Å². The number of aromatic nitrogens is 1. The largest absolute Gasteiger partial charge is 0.440 e. The van der Waals surface area contributed by atoms with Crippen LogP contribution in [0.2, 0.25) is 0 Å². The fourth-order valence-electron chi connectivity index (χ4n) is 3.84. The Hall–Kier alpha value is -2.71. The monoisotopic (exact) mass is 455 g/mol. The molecule has 8 heteroatoms. The van der Waals surface area contributed by atoms with E-state index in [1.54, 1.807) is 6.07 Å². The van der Waals surface area contributed by atoms with E-state index >= 15 is 0 Å². The van der Waals surface area contributed by atoms with Crippen LogP contribution in [0, 0.1) is 5.92 Å². The van der Waals surface area contributed by atoms with Gasteiger partial charge in [0.2, 0.25) is 21.8 Å². The number of carbonyl (C=O) groups excluding carboxylic acids is 1. The summed E-state index contributed by atoms with van der Waals surface area (Å²) in [6.45, 7) is 6.81. The van der Waals surface area contributed by atoms with Gasteiger partial charge >= 0.3 is 0 Å². The van der Waals surface area contributed by atoms with Gasteiger partial charge in [0, 0.05) is 30.1 Å². The summed E-state index contributed by atoms with van der Waals surface area (Å²) in [5.74, 6) is 0.319. The Morgan fingerprint density at radius 1 is 1.12 bits per heavy atom. The van der Waals surface area contributed by atoms with E-state index in [0.29, 0.717) is 48.6 Å². The molecule has 1 fully saturated rings. The second-order valence-electron chi connectivity index (χ2n) is 9.36. The predicted molar refractivity (Wildman–Crippen MR) is 125 cm³/mol. The lowest BCUT2D eigenvalue weighted by atomic mass is 9.97. The highest BCUT2D eigenvalue weighted by atomic mass is 32.2. The predicted octanol–water partition coefficient (Wildman–Crippen LogP) is 4.31. The van der Waals surface area contributed by atoms with Crippen LogP contribution in [-0.4, -0.2) is 36.7 Å². The fourth-order valence-corrected chi connectivity index (χ4v) is 5.41. The standard InChI is InChI=1S/C24H29N3O4S/c1-24(2,3)23-26-20-15-19(9-10-21(20)31-23)25-22(28)18-11-13-27(14-12-18)32(29,30)16-17-7-5-4-6-8-17/h4-10,15,18H,11-14,16H2,1-3H3,(H,25,28). The molecule has 2 heterocycles. The van der Waals surface area contributed by atoms with Crippen LogP contribution in [0.15, 0.2) is 52.9 Å². The van der Waals surface area contributed by atoms with Gasteiger partial charge in [-0.1, -0.05) is 51.1 Å². The maximum Gasteiger partial charge on any atom is 0.227 e. The molecule has 3 aromatic rings.